The Hall–Kier alpha value is -2.43. The number of carboxylic acid groups (broad SMARTS) is 1. The number of nitrogens with zero attached hydrogens (tertiary/aromatic N) is 1. The molecule has 1 saturated carbocycles. The molecule has 0 amide bonds. The molecule has 3 rings (SSSR count). The highest BCUT2D eigenvalue weighted by Crippen LogP contribution is 2.40. The van der Waals surface area contributed by atoms with Gasteiger partial charge in [0.15, 0.2) is 0 Å². The summed E-state index contributed by atoms with van der Waals surface area (Å²) >= 11 is 0. The van der Waals surface area contributed by atoms with Crippen molar-refractivity contribution in [2.45, 2.75) is 96.6 Å². The SMILES string of the molecule is CCCCCCc1ccc(-c2ccc(OCC(CC)C[C@@](F)(C(=O)O)C3CCCCC3)cc2)nc1. The topological polar surface area (TPSA) is 59.4 Å². The lowest BCUT2D eigenvalue weighted by molar-refractivity contribution is -0.158. The summed E-state index contributed by atoms with van der Waals surface area (Å²) in [5, 5.41) is 9.71. The van der Waals surface area contributed by atoms with Gasteiger partial charge in [0.2, 0.25) is 5.67 Å². The van der Waals surface area contributed by atoms with Crippen molar-refractivity contribution in [1.29, 1.82) is 0 Å². The van der Waals surface area contributed by atoms with Gasteiger partial charge in [-0.15, -0.1) is 0 Å². The highest BCUT2D eigenvalue weighted by molar-refractivity contribution is 5.77. The number of unbranched alkanes of at least 4 members (excludes halogenated alkanes) is 3. The zero-order valence-corrected chi connectivity index (χ0v) is 21.5. The summed E-state index contributed by atoms with van der Waals surface area (Å²) in [7, 11) is 0. The molecule has 35 heavy (non-hydrogen) atoms. The van der Waals surface area contributed by atoms with E-state index in [0.717, 1.165) is 36.9 Å². The van der Waals surface area contributed by atoms with E-state index in [1.165, 1.54) is 31.2 Å². The summed E-state index contributed by atoms with van der Waals surface area (Å²) in [6.45, 7) is 4.51. The summed E-state index contributed by atoms with van der Waals surface area (Å²) in [4.78, 5) is 16.5. The first kappa shape index (κ1) is 27.2. The van der Waals surface area contributed by atoms with Crippen LogP contribution in [-0.4, -0.2) is 28.3 Å². The maximum atomic E-state index is 15.7. The molecule has 1 heterocycles. The average molecular weight is 484 g/mol. The van der Waals surface area contributed by atoms with Crippen molar-refractivity contribution in [3.05, 3.63) is 48.2 Å². The third-order valence-electron chi connectivity index (χ3n) is 7.55. The van der Waals surface area contributed by atoms with Crippen LogP contribution in [0.4, 0.5) is 4.39 Å². The fourth-order valence-electron chi connectivity index (χ4n) is 5.17. The Morgan fingerprint density at radius 2 is 1.83 bits per heavy atom. The summed E-state index contributed by atoms with van der Waals surface area (Å²) in [6, 6.07) is 12.0. The van der Waals surface area contributed by atoms with Gasteiger partial charge in [0.05, 0.1) is 12.3 Å². The second-order valence-electron chi connectivity index (χ2n) is 10.2. The van der Waals surface area contributed by atoms with Gasteiger partial charge in [-0.05, 0) is 80.3 Å². The maximum Gasteiger partial charge on any atom is 0.341 e. The zero-order chi connectivity index (χ0) is 25.1. The molecule has 1 fully saturated rings. The van der Waals surface area contributed by atoms with Gasteiger partial charge in [-0.2, -0.15) is 0 Å². The van der Waals surface area contributed by atoms with Crippen LogP contribution in [0.2, 0.25) is 0 Å². The van der Waals surface area contributed by atoms with Crippen molar-refractivity contribution in [2.75, 3.05) is 6.61 Å². The number of hydrogen-bond acceptors (Lipinski definition) is 3. The Labute approximate surface area is 210 Å². The molecule has 1 aromatic carbocycles. The molecular formula is C30H42FNO3. The molecule has 4 nitrogen and oxygen atoms in total. The van der Waals surface area contributed by atoms with Crippen molar-refractivity contribution >= 4 is 5.97 Å². The Kier molecular flexibility index (Phi) is 10.6. The van der Waals surface area contributed by atoms with Crippen LogP contribution in [0, 0.1) is 11.8 Å². The monoisotopic (exact) mass is 483 g/mol. The number of carbonyl (C=O) groups is 1. The number of hydrogen-bond donors (Lipinski definition) is 1. The molecule has 0 spiro atoms. The molecule has 1 aromatic heterocycles. The fourth-order valence-corrected chi connectivity index (χ4v) is 5.17. The van der Waals surface area contributed by atoms with E-state index in [2.05, 4.69) is 24.0 Å². The van der Waals surface area contributed by atoms with E-state index in [9.17, 15) is 9.90 Å². The molecular weight excluding hydrogens is 441 g/mol. The predicted octanol–water partition coefficient (Wildman–Crippen LogP) is 8.04. The molecule has 1 aliphatic rings. The Bertz CT molecular complexity index is 893. The van der Waals surface area contributed by atoms with Crippen LogP contribution >= 0.6 is 0 Å². The summed E-state index contributed by atoms with van der Waals surface area (Å²) < 4.78 is 21.6. The molecule has 1 aliphatic carbocycles. The Balaban J connectivity index is 1.54. The summed E-state index contributed by atoms with van der Waals surface area (Å²) in [5.74, 6) is -1.15. The second-order valence-corrected chi connectivity index (χ2v) is 10.2. The first-order chi connectivity index (χ1) is 17.0. The number of rotatable bonds is 14. The van der Waals surface area contributed by atoms with Gasteiger partial charge >= 0.3 is 5.97 Å². The van der Waals surface area contributed by atoms with Gasteiger partial charge in [-0.1, -0.05) is 58.4 Å². The normalized spacial score (nSPS) is 17.0. The lowest BCUT2D eigenvalue weighted by Gasteiger charge is -2.35. The van der Waals surface area contributed by atoms with Crippen molar-refractivity contribution in [1.82, 2.24) is 4.98 Å². The quantitative estimate of drug-likeness (QED) is 0.276. The van der Waals surface area contributed by atoms with Crippen molar-refractivity contribution in [3.63, 3.8) is 0 Å². The molecule has 1 unspecified atom stereocenters. The van der Waals surface area contributed by atoms with E-state index >= 15 is 4.39 Å². The molecule has 2 aromatic rings. The Morgan fingerprint density at radius 3 is 2.43 bits per heavy atom. The largest absolute Gasteiger partial charge is 0.493 e. The lowest BCUT2D eigenvalue weighted by atomic mass is 9.74. The number of aryl methyl sites for hydroxylation is 1. The molecule has 192 valence electrons. The minimum absolute atomic E-state index is 0.0102. The molecule has 5 heteroatoms. The average Bonchev–Trinajstić information content (AvgIpc) is 2.90. The molecule has 0 saturated heterocycles. The molecule has 1 N–H and O–H groups in total. The van der Waals surface area contributed by atoms with Gasteiger partial charge in [-0.3, -0.25) is 4.98 Å². The third-order valence-corrected chi connectivity index (χ3v) is 7.55. The number of aromatic nitrogens is 1. The van der Waals surface area contributed by atoms with E-state index in [1.54, 1.807) is 0 Å². The minimum Gasteiger partial charge on any atom is -0.493 e. The number of carboxylic acids is 1. The molecule has 0 radical (unpaired) electrons. The van der Waals surface area contributed by atoms with Gasteiger partial charge in [-0.25, -0.2) is 9.18 Å². The van der Waals surface area contributed by atoms with Crippen LogP contribution in [0.15, 0.2) is 42.6 Å². The smallest absolute Gasteiger partial charge is 0.341 e. The summed E-state index contributed by atoms with van der Waals surface area (Å²) in [6.07, 6.45) is 13.0. The lowest BCUT2D eigenvalue weighted by Crippen LogP contribution is -2.44. The van der Waals surface area contributed by atoms with E-state index in [-0.39, 0.29) is 12.3 Å². The number of alkyl halides is 1. The van der Waals surface area contributed by atoms with E-state index in [0.29, 0.717) is 31.6 Å². The zero-order valence-electron chi connectivity index (χ0n) is 21.5. The third kappa shape index (κ3) is 7.78. The number of benzene rings is 1. The maximum absolute atomic E-state index is 15.7. The van der Waals surface area contributed by atoms with Crippen LogP contribution in [0.5, 0.6) is 5.75 Å². The number of pyridine rings is 1. The first-order valence-electron chi connectivity index (χ1n) is 13.6. The summed E-state index contributed by atoms with van der Waals surface area (Å²) in [5.41, 5.74) is 1.06. The second kappa shape index (κ2) is 13.6. The first-order valence-corrected chi connectivity index (χ1v) is 13.6. The van der Waals surface area contributed by atoms with Crippen molar-refractivity contribution in [3.8, 4) is 17.0 Å². The molecule has 2 atom stereocenters. The van der Waals surface area contributed by atoms with E-state index in [4.69, 9.17) is 4.74 Å². The van der Waals surface area contributed by atoms with Crippen LogP contribution in [0.1, 0.15) is 90.0 Å². The number of aliphatic carboxylic acids is 1. The number of halogens is 1. The van der Waals surface area contributed by atoms with Gasteiger partial charge in [0.25, 0.3) is 0 Å². The number of ether oxygens (including phenoxy) is 1. The van der Waals surface area contributed by atoms with Crippen LogP contribution in [0.3, 0.4) is 0 Å². The standard InChI is InChI=1S/C30H42FNO3/c1-3-5-6-8-11-24-14-19-28(32-21-24)25-15-17-27(18-16-25)35-22-23(4-2)20-30(31,29(33)34)26-12-9-7-10-13-26/h14-19,21,23,26H,3-13,20,22H2,1-2H3,(H,33,34)/t23?,30-/m0/s1. The van der Waals surface area contributed by atoms with Gasteiger partial charge in [0.1, 0.15) is 5.75 Å². The van der Waals surface area contributed by atoms with Crippen molar-refractivity contribution < 1.29 is 19.0 Å². The van der Waals surface area contributed by atoms with Gasteiger partial charge < -0.3 is 9.84 Å². The van der Waals surface area contributed by atoms with E-state index in [1.807, 2.05) is 37.4 Å². The van der Waals surface area contributed by atoms with E-state index < -0.39 is 17.6 Å². The Morgan fingerprint density at radius 1 is 1.09 bits per heavy atom. The highest BCUT2D eigenvalue weighted by atomic mass is 19.1. The van der Waals surface area contributed by atoms with Crippen LogP contribution < -0.4 is 4.74 Å². The van der Waals surface area contributed by atoms with Crippen LogP contribution in [-0.2, 0) is 11.2 Å². The highest BCUT2D eigenvalue weighted by Gasteiger charge is 2.47. The van der Waals surface area contributed by atoms with Gasteiger partial charge in [0, 0.05) is 17.7 Å². The molecule has 0 bridgehead atoms. The van der Waals surface area contributed by atoms with Crippen molar-refractivity contribution in [2.24, 2.45) is 11.8 Å². The predicted molar refractivity (Wildman–Crippen MR) is 139 cm³/mol. The fraction of sp³-hybridized carbons (Fsp3) is 0.600. The van der Waals surface area contributed by atoms with Crippen LogP contribution in [0.25, 0.3) is 11.3 Å². The minimum atomic E-state index is -2.16. The molecule has 0 aliphatic heterocycles.